The maximum absolute atomic E-state index is 12.3. The Hall–Kier alpha value is -3.60. The number of likely N-dealkylation sites (N-methyl/N-ethyl adjacent to an activating group) is 1. The third kappa shape index (κ3) is 10.8. The highest BCUT2D eigenvalue weighted by atomic mass is 16.7. The Kier molecular flexibility index (Phi) is 13.5. The molecule has 1 fully saturated rings. The number of nitrogens with zero attached hydrogens (tertiary/aromatic N) is 1. The molecule has 4 rings (SSSR count). The third-order valence-corrected chi connectivity index (χ3v) is 8.47. The van der Waals surface area contributed by atoms with Crippen LogP contribution in [0.2, 0.25) is 0 Å². The highest BCUT2D eigenvalue weighted by Crippen LogP contribution is 2.38. The number of carbonyl (C=O) groups is 2. The quantitative estimate of drug-likeness (QED) is 0.0900. The Morgan fingerprint density at radius 2 is 1.47 bits per heavy atom. The minimum absolute atomic E-state index is 0.00197. The van der Waals surface area contributed by atoms with Gasteiger partial charge in [-0.3, -0.25) is 19.7 Å². The van der Waals surface area contributed by atoms with E-state index in [-0.39, 0.29) is 36.7 Å². The van der Waals surface area contributed by atoms with E-state index in [0.29, 0.717) is 32.2 Å². The molecule has 1 heterocycles. The Morgan fingerprint density at radius 3 is 2.11 bits per heavy atom. The summed E-state index contributed by atoms with van der Waals surface area (Å²) in [6, 6.07) is 26.6. The Bertz CT molecular complexity index is 1320. The average Bonchev–Trinajstić information content (AvgIpc) is 3.08. The molecule has 1 aliphatic heterocycles. The molecule has 0 bridgehead atoms. The van der Waals surface area contributed by atoms with Crippen LogP contribution in [0.5, 0.6) is 0 Å². The van der Waals surface area contributed by atoms with Gasteiger partial charge >= 0.3 is 0 Å². The molecule has 1 aliphatic rings. The molecule has 0 spiro atoms. The van der Waals surface area contributed by atoms with E-state index in [1.165, 1.54) is 5.56 Å². The maximum Gasteiger partial charge on any atom is 0.243 e. The second-order valence-corrected chi connectivity index (χ2v) is 11.8. The summed E-state index contributed by atoms with van der Waals surface area (Å²) in [5.41, 5.74) is 6.71. The summed E-state index contributed by atoms with van der Waals surface area (Å²) in [7, 11) is 2.12. The normalized spacial score (nSPS) is 18.8. The minimum atomic E-state index is -0.543. The predicted octanol–water partition coefficient (Wildman–Crippen LogP) is 5.88. The molecule has 9 heteroatoms. The van der Waals surface area contributed by atoms with Gasteiger partial charge in [0.25, 0.3) is 0 Å². The Balaban J connectivity index is 1.34. The highest BCUT2D eigenvalue weighted by molar-refractivity contribution is 5.75. The number of amides is 2. The number of benzene rings is 3. The Labute approximate surface area is 266 Å². The van der Waals surface area contributed by atoms with Crippen LogP contribution in [-0.4, -0.2) is 46.7 Å². The number of unbranched alkanes of at least 4 members (excludes halogenated alkanes) is 3. The van der Waals surface area contributed by atoms with Crippen molar-refractivity contribution < 1.29 is 29.4 Å². The molecule has 4 atom stereocenters. The summed E-state index contributed by atoms with van der Waals surface area (Å²) >= 11 is 0. The molecular weight excluding hydrogens is 570 g/mol. The van der Waals surface area contributed by atoms with E-state index in [0.717, 1.165) is 48.1 Å². The van der Waals surface area contributed by atoms with E-state index in [1.807, 2.05) is 54.6 Å². The van der Waals surface area contributed by atoms with Crippen LogP contribution >= 0.6 is 0 Å². The lowest BCUT2D eigenvalue weighted by atomic mass is 9.99. The van der Waals surface area contributed by atoms with Gasteiger partial charge in [-0.05, 0) is 49.1 Å². The number of aliphatic hydroxyl groups excluding tert-OH is 1. The molecule has 0 radical (unpaired) electrons. The van der Waals surface area contributed by atoms with E-state index in [2.05, 4.69) is 48.5 Å². The number of aliphatic hydroxyl groups is 1. The van der Waals surface area contributed by atoms with Crippen molar-refractivity contribution in [3.05, 3.63) is 107 Å². The lowest BCUT2D eigenvalue weighted by Crippen LogP contribution is -2.38. The molecule has 242 valence electrons. The molecule has 4 N–H and O–H groups in total. The topological polar surface area (TPSA) is 120 Å². The molecule has 1 saturated heterocycles. The van der Waals surface area contributed by atoms with E-state index >= 15 is 0 Å². The zero-order chi connectivity index (χ0) is 32.0. The van der Waals surface area contributed by atoms with Gasteiger partial charge in [-0.25, -0.2) is 5.48 Å². The van der Waals surface area contributed by atoms with Gasteiger partial charge in [0.2, 0.25) is 11.8 Å². The molecule has 0 saturated carbocycles. The zero-order valence-corrected chi connectivity index (χ0v) is 26.4. The number of hydrogen-bond donors (Lipinski definition) is 4. The molecular formula is C36H47N3O6. The van der Waals surface area contributed by atoms with Gasteiger partial charge in [-0.2, -0.15) is 0 Å². The number of hydroxylamine groups is 1. The lowest BCUT2D eigenvalue weighted by molar-refractivity contribution is -0.253. The SMILES string of the molecule is CC(c1ccccc1)N(C)CC1CC(c2ccc(CO)cc2)OC(c2ccc(CNC(=O)CCCCCCC(=O)NO)cc2)O1. The first-order chi connectivity index (χ1) is 21.9. The first-order valence-electron chi connectivity index (χ1n) is 15.9. The highest BCUT2D eigenvalue weighted by Gasteiger charge is 2.33. The number of ether oxygens (including phenoxy) is 2. The Morgan fingerprint density at radius 1 is 0.844 bits per heavy atom. The number of nitrogens with one attached hydrogen (secondary N) is 2. The molecule has 3 aromatic carbocycles. The molecule has 9 nitrogen and oxygen atoms in total. The van der Waals surface area contributed by atoms with E-state index in [9.17, 15) is 14.7 Å². The fourth-order valence-corrected chi connectivity index (χ4v) is 5.56. The number of carbonyl (C=O) groups excluding carboxylic acids is 2. The van der Waals surface area contributed by atoms with Gasteiger partial charge in [0, 0.05) is 44.0 Å². The molecule has 0 aliphatic carbocycles. The smallest absolute Gasteiger partial charge is 0.243 e. The van der Waals surface area contributed by atoms with Gasteiger partial charge in [0.15, 0.2) is 6.29 Å². The van der Waals surface area contributed by atoms with Crippen molar-refractivity contribution in [2.24, 2.45) is 0 Å². The summed E-state index contributed by atoms with van der Waals surface area (Å²) in [5.74, 6) is -0.382. The minimum Gasteiger partial charge on any atom is -0.392 e. The van der Waals surface area contributed by atoms with Crippen molar-refractivity contribution in [1.29, 1.82) is 0 Å². The fourth-order valence-electron chi connectivity index (χ4n) is 5.56. The van der Waals surface area contributed by atoms with Crippen LogP contribution in [0.25, 0.3) is 0 Å². The largest absolute Gasteiger partial charge is 0.392 e. The number of hydrogen-bond acceptors (Lipinski definition) is 7. The van der Waals surface area contributed by atoms with Crippen molar-refractivity contribution >= 4 is 11.8 Å². The van der Waals surface area contributed by atoms with Crippen LogP contribution in [0.3, 0.4) is 0 Å². The fraction of sp³-hybridized carbons (Fsp3) is 0.444. The van der Waals surface area contributed by atoms with Crippen molar-refractivity contribution in [1.82, 2.24) is 15.7 Å². The summed E-state index contributed by atoms with van der Waals surface area (Å²) in [6.07, 6.45) is 3.82. The van der Waals surface area contributed by atoms with Crippen LogP contribution in [0.1, 0.15) is 98.1 Å². The lowest BCUT2D eigenvalue weighted by Gasteiger charge is -2.39. The van der Waals surface area contributed by atoms with Gasteiger partial charge in [-0.1, -0.05) is 91.7 Å². The van der Waals surface area contributed by atoms with Crippen LogP contribution in [0, 0.1) is 0 Å². The van der Waals surface area contributed by atoms with Crippen LogP contribution in [-0.2, 0) is 32.2 Å². The second-order valence-electron chi connectivity index (χ2n) is 11.8. The molecule has 2 amide bonds. The third-order valence-electron chi connectivity index (χ3n) is 8.47. The summed E-state index contributed by atoms with van der Waals surface area (Å²) in [4.78, 5) is 25.7. The predicted molar refractivity (Wildman–Crippen MR) is 172 cm³/mol. The zero-order valence-electron chi connectivity index (χ0n) is 26.4. The first-order valence-corrected chi connectivity index (χ1v) is 15.9. The van der Waals surface area contributed by atoms with E-state index < -0.39 is 6.29 Å². The average molecular weight is 618 g/mol. The van der Waals surface area contributed by atoms with E-state index in [4.69, 9.17) is 14.7 Å². The van der Waals surface area contributed by atoms with Crippen molar-refractivity contribution in [3.8, 4) is 0 Å². The molecule has 0 aromatic heterocycles. The van der Waals surface area contributed by atoms with Crippen molar-refractivity contribution in [2.75, 3.05) is 13.6 Å². The van der Waals surface area contributed by atoms with E-state index in [1.54, 1.807) is 5.48 Å². The van der Waals surface area contributed by atoms with Crippen LogP contribution in [0.15, 0.2) is 78.9 Å². The van der Waals surface area contributed by atoms with Crippen LogP contribution in [0.4, 0.5) is 0 Å². The van der Waals surface area contributed by atoms with Crippen molar-refractivity contribution in [2.45, 2.75) is 89.6 Å². The summed E-state index contributed by atoms with van der Waals surface area (Å²) in [5, 5.41) is 21.0. The first kappa shape index (κ1) is 34.3. The monoisotopic (exact) mass is 617 g/mol. The van der Waals surface area contributed by atoms with Gasteiger partial charge < -0.3 is 19.9 Å². The van der Waals surface area contributed by atoms with Crippen molar-refractivity contribution in [3.63, 3.8) is 0 Å². The summed E-state index contributed by atoms with van der Waals surface area (Å²) < 4.78 is 13.1. The molecule has 4 unspecified atom stereocenters. The standard InChI is InChI=1S/C36H47N3O6/c1-26(29-10-6-5-7-11-29)39(2)24-32-22-33(30-18-16-28(25-40)17-19-30)45-36(44-32)31-20-14-27(15-21-31)23-37-34(41)12-8-3-4-9-13-35(42)38-43/h5-7,10-11,14-21,26,32-33,36,40,43H,3-4,8-9,12-13,22-25H2,1-2H3,(H,37,41)(H,38,42). The van der Waals surface area contributed by atoms with Gasteiger partial charge in [0.1, 0.15) is 0 Å². The molecule has 45 heavy (non-hydrogen) atoms. The maximum atomic E-state index is 12.3. The van der Waals surface area contributed by atoms with Gasteiger partial charge in [-0.15, -0.1) is 0 Å². The number of rotatable bonds is 16. The summed E-state index contributed by atoms with van der Waals surface area (Å²) in [6.45, 7) is 3.38. The van der Waals surface area contributed by atoms with Crippen LogP contribution < -0.4 is 10.8 Å². The molecule has 3 aromatic rings. The second kappa shape index (κ2) is 17.8. The van der Waals surface area contributed by atoms with Gasteiger partial charge in [0.05, 0.1) is 18.8 Å².